The minimum atomic E-state index is 0.510. The Bertz CT molecular complexity index is 355. The van der Waals surface area contributed by atoms with Gasteiger partial charge in [-0.3, -0.25) is 4.90 Å². The van der Waals surface area contributed by atoms with Crippen molar-refractivity contribution in [2.24, 2.45) is 5.92 Å². The van der Waals surface area contributed by atoms with Gasteiger partial charge in [0.05, 0.1) is 0 Å². The van der Waals surface area contributed by atoms with Crippen molar-refractivity contribution in [2.45, 2.75) is 45.7 Å². The molecule has 0 saturated carbocycles. The van der Waals surface area contributed by atoms with Crippen LogP contribution in [0.5, 0.6) is 0 Å². The number of hydrogen-bond acceptors (Lipinski definition) is 2. The van der Waals surface area contributed by atoms with Crippen LogP contribution in [-0.4, -0.2) is 30.6 Å². The molecule has 1 aromatic carbocycles. The molecule has 0 bridgehead atoms. The van der Waals surface area contributed by atoms with E-state index in [0.717, 1.165) is 5.92 Å². The first-order valence-corrected chi connectivity index (χ1v) is 7.70. The standard InChI is InChI=1S/C17H28N2/c1-14(2)19(13-16-9-11-18-12-10-16)15(3)17-7-5-4-6-8-17/h4-8,14-16,18H,9-13H2,1-3H3. The second kappa shape index (κ2) is 7.06. The lowest BCUT2D eigenvalue weighted by molar-refractivity contribution is 0.125. The maximum absolute atomic E-state index is 3.46. The molecule has 1 aromatic rings. The highest BCUT2D eigenvalue weighted by Gasteiger charge is 2.23. The van der Waals surface area contributed by atoms with E-state index in [1.807, 2.05) is 0 Å². The smallest absolute Gasteiger partial charge is 0.0322 e. The summed E-state index contributed by atoms with van der Waals surface area (Å²) in [6.45, 7) is 10.6. The molecule has 2 nitrogen and oxygen atoms in total. The maximum atomic E-state index is 3.46. The highest BCUT2D eigenvalue weighted by atomic mass is 15.2. The zero-order valence-electron chi connectivity index (χ0n) is 12.6. The van der Waals surface area contributed by atoms with E-state index in [1.54, 1.807) is 0 Å². The predicted molar refractivity (Wildman–Crippen MR) is 82.3 cm³/mol. The normalized spacial score (nSPS) is 19.0. The molecule has 0 spiro atoms. The molecule has 1 saturated heterocycles. The fraction of sp³-hybridized carbons (Fsp3) is 0.647. The van der Waals surface area contributed by atoms with E-state index < -0.39 is 0 Å². The highest BCUT2D eigenvalue weighted by Crippen LogP contribution is 2.25. The predicted octanol–water partition coefficient (Wildman–Crippen LogP) is 3.46. The van der Waals surface area contributed by atoms with E-state index in [0.29, 0.717) is 12.1 Å². The fourth-order valence-electron chi connectivity index (χ4n) is 3.10. The summed E-state index contributed by atoms with van der Waals surface area (Å²) in [5, 5.41) is 3.46. The molecule has 2 rings (SSSR count). The van der Waals surface area contributed by atoms with E-state index in [9.17, 15) is 0 Å². The number of nitrogens with one attached hydrogen (secondary N) is 1. The Labute approximate surface area is 118 Å². The molecule has 1 N–H and O–H groups in total. The van der Waals surface area contributed by atoms with Crippen molar-refractivity contribution < 1.29 is 0 Å². The SMILES string of the molecule is CC(C)N(CC1CCNCC1)C(C)c1ccccc1. The van der Waals surface area contributed by atoms with Crippen molar-refractivity contribution in [1.82, 2.24) is 10.2 Å². The molecule has 0 aromatic heterocycles. The third kappa shape index (κ3) is 4.05. The van der Waals surface area contributed by atoms with Crippen molar-refractivity contribution in [3.8, 4) is 0 Å². The number of benzene rings is 1. The lowest BCUT2D eigenvalue weighted by Gasteiger charge is -2.37. The molecule has 1 unspecified atom stereocenters. The molecule has 1 fully saturated rings. The molecule has 0 radical (unpaired) electrons. The monoisotopic (exact) mass is 260 g/mol. The molecule has 2 heteroatoms. The van der Waals surface area contributed by atoms with Gasteiger partial charge < -0.3 is 5.32 Å². The molecular weight excluding hydrogens is 232 g/mol. The molecule has 0 aliphatic carbocycles. The first-order chi connectivity index (χ1) is 9.18. The molecule has 19 heavy (non-hydrogen) atoms. The molecule has 1 atom stereocenters. The van der Waals surface area contributed by atoms with Gasteiger partial charge in [-0.25, -0.2) is 0 Å². The Morgan fingerprint density at radius 2 is 1.74 bits per heavy atom. The third-order valence-corrected chi connectivity index (χ3v) is 4.37. The maximum Gasteiger partial charge on any atom is 0.0322 e. The van der Waals surface area contributed by atoms with E-state index in [-0.39, 0.29) is 0 Å². The third-order valence-electron chi connectivity index (χ3n) is 4.37. The largest absolute Gasteiger partial charge is 0.317 e. The van der Waals surface area contributed by atoms with Gasteiger partial charge in [-0.2, -0.15) is 0 Å². The molecule has 1 aliphatic rings. The minimum Gasteiger partial charge on any atom is -0.317 e. The Kier molecular flexibility index (Phi) is 5.41. The van der Waals surface area contributed by atoms with Gasteiger partial charge in [0.1, 0.15) is 0 Å². The summed E-state index contributed by atoms with van der Waals surface area (Å²) < 4.78 is 0. The quantitative estimate of drug-likeness (QED) is 0.872. The van der Waals surface area contributed by atoms with Crippen LogP contribution in [0.25, 0.3) is 0 Å². The van der Waals surface area contributed by atoms with E-state index in [4.69, 9.17) is 0 Å². The van der Waals surface area contributed by atoms with Crippen molar-refractivity contribution >= 4 is 0 Å². The van der Waals surface area contributed by atoms with Crippen LogP contribution in [0.3, 0.4) is 0 Å². The molecule has 106 valence electrons. The number of rotatable bonds is 5. The summed E-state index contributed by atoms with van der Waals surface area (Å²) in [5.41, 5.74) is 1.44. The van der Waals surface area contributed by atoms with Gasteiger partial charge in [-0.05, 0) is 58.2 Å². The summed E-state index contributed by atoms with van der Waals surface area (Å²) in [4.78, 5) is 2.66. The van der Waals surface area contributed by atoms with Crippen LogP contribution < -0.4 is 5.32 Å². The number of piperidine rings is 1. The lowest BCUT2D eigenvalue weighted by Crippen LogP contribution is -2.40. The Morgan fingerprint density at radius 3 is 2.32 bits per heavy atom. The van der Waals surface area contributed by atoms with Gasteiger partial charge in [-0.15, -0.1) is 0 Å². The molecule has 1 heterocycles. The summed E-state index contributed by atoms with van der Waals surface area (Å²) in [6, 6.07) is 12.0. The summed E-state index contributed by atoms with van der Waals surface area (Å²) in [6.07, 6.45) is 2.65. The average molecular weight is 260 g/mol. The average Bonchev–Trinajstić information content (AvgIpc) is 2.46. The first kappa shape index (κ1) is 14.5. The van der Waals surface area contributed by atoms with Crippen molar-refractivity contribution in [1.29, 1.82) is 0 Å². The Morgan fingerprint density at radius 1 is 1.11 bits per heavy atom. The van der Waals surface area contributed by atoms with Crippen LogP contribution in [0, 0.1) is 5.92 Å². The first-order valence-electron chi connectivity index (χ1n) is 7.70. The van der Waals surface area contributed by atoms with Gasteiger partial charge in [-0.1, -0.05) is 30.3 Å². The zero-order chi connectivity index (χ0) is 13.7. The van der Waals surface area contributed by atoms with E-state index in [1.165, 1.54) is 38.0 Å². The van der Waals surface area contributed by atoms with E-state index in [2.05, 4.69) is 61.3 Å². The zero-order valence-corrected chi connectivity index (χ0v) is 12.6. The lowest BCUT2D eigenvalue weighted by atomic mass is 9.95. The van der Waals surface area contributed by atoms with Crippen LogP contribution in [0.4, 0.5) is 0 Å². The van der Waals surface area contributed by atoms with Crippen LogP contribution in [0.15, 0.2) is 30.3 Å². The van der Waals surface area contributed by atoms with Crippen molar-refractivity contribution in [2.75, 3.05) is 19.6 Å². The molecule has 0 amide bonds. The summed E-state index contributed by atoms with van der Waals surface area (Å²) in [5.74, 6) is 0.856. The van der Waals surface area contributed by atoms with Gasteiger partial charge in [0.15, 0.2) is 0 Å². The second-order valence-corrected chi connectivity index (χ2v) is 6.07. The van der Waals surface area contributed by atoms with Crippen molar-refractivity contribution in [3.63, 3.8) is 0 Å². The summed E-state index contributed by atoms with van der Waals surface area (Å²) in [7, 11) is 0. The van der Waals surface area contributed by atoms with Crippen LogP contribution >= 0.6 is 0 Å². The number of hydrogen-bond donors (Lipinski definition) is 1. The minimum absolute atomic E-state index is 0.510. The highest BCUT2D eigenvalue weighted by molar-refractivity contribution is 5.18. The van der Waals surface area contributed by atoms with Gasteiger partial charge in [0, 0.05) is 18.6 Å². The van der Waals surface area contributed by atoms with Crippen molar-refractivity contribution in [3.05, 3.63) is 35.9 Å². The van der Waals surface area contributed by atoms with Crippen LogP contribution in [0.1, 0.15) is 45.2 Å². The Hall–Kier alpha value is -0.860. The van der Waals surface area contributed by atoms with Crippen LogP contribution in [0.2, 0.25) is 0 Å². The summed E-state index contributed by atoms with van der Waals surface area (Å²) >= 11 is 0. The topological polar surface area (TPSA) is 15.3 Å². The fourth-order valence-corrected chi connectivity index (χ4v) is 3.10. The van der Waals surface area contributed by atoms with E-state index >= 15 is 0 Å². The molecule has 1 aliphatic heterocycles. The van der Waals surface area contributed by atoms with Gasteiger partial charge >= 0.3 is 0 Å². The number of nitrogens with zero attached hydrogens (tertiary/aromatic N) is 1. The molecular formula is C17H28N2. The second-order valence-electron chi connectivity index (χ2n) is 6.07. The Balaban J connectivity index is 2.02. The van der Waals surface area contributed by atoms with Gasteiger partial charge in [0.2, 0.25) is 0 Å². The van der Waals surface area contributed by atoms with Crippen LogP contribution in [-0.2, 0) is 0 Å². The van der Waals surface area contributed by atoms with Gasteiger partial charge in [0.25, 0.3) is 0 Å².